The maximum Gasteiger partial charge on any atom is 0.245 e. The Kier molecular flexibility index (Phi) is 2.27. The summed E-state index contributed by atoms with van der Waals surface area (Å²) in [7, 11) is 0. The molecule has 2 rings (SSSR count). The number of imidazole rings is 1. The lowest BCUT2D eigenvalue weighted by molar-refractivity contribution is 0.408. The van der Waals surface area contributed by atoms with Gasteiger partial charge in [0.05, 0.1) is 6.33 Å². The van der Waals surface area contributed by atoms with E-state index in [0.717, 1.165) is 0 Å². The van der Waals surface area contributed by atoms with Crippen LogP contribution in [0.5, 0.6) is 0 Å². The summed E-state index contributed by atoms with van der Waals surface area (Å²) in [5, 5.41) is 7.46. The summed E-state index contributed by atoms with van der Waals surface area (Å²) < 4.78 is 1.88. The van der Waals surface area contributed by atoms with Crippen LogP contribution in [0.2, 0.25) is 0 Å². The van der Waals surface area contributed by atoms with Crippen molar-refractivity contribution >= 4 is 22.7 Å². The van der Waals surface area contributed by atoms with Crippen molar-refractivity contribution in [3.05, 3.63) is 11.9 Å². The fourth-order valence-electron chi connectivity index (χ4n) is 1.65. The number of nitrogens with one attached hydrogen (secondary N) is 1. The van der Waals surface area contributed by atoms with Crippen LogP contribution >= 0.6 is 0 Å². The van der Waals surface area contributed by atoms with Crippen LogP contribution in [0, 0.1) is 5.41 Å². The first-order chi connectivity index (χ1) is 7.80. The Hall–Kier alpha value is -2.18. The van der Waals surface area contributed by atoms with Gasteiger partial charge >= 0.3 is 0 Å². The first kappa shape index (κ1) is 11.3. The molecule has 0 aliphatic rings. The van der Waals surface area contributed by atoms with Crippen LogP contribution in [-0.2, 0) is 5.54 Å². The molecule has 0 aromatic carbocycles. The number of hydrogen-bond donors (Lipinski definition) is 3. The first-order valence-corrected chi connectivity index (χ1v) is 5.16. The third-order valence-electron chi connectivity index (χ3n) is 2.43. The van der Waals surface area contributed by atoms with Gasteiger partial charge in [-0.15, -0.1) is 0 Å². The second-order valence-corrected chi connectivity index (χ2v) is 4.80. The van der Waals surface area contributed by atoms with E-state index in [2.05, 4.69) is 15.0 Å². The van der Waals surface area contributed by atoms with E-state index in [0.29, 0.717) is 11.0 Å². The summed E-state index contributed by atoms with van der Waals surface area (Å²) in [6, 6.07) is 0. The largest absolute Gasteiger partial charge is 0.382 e. The minimum atomic E-state index is -0.210. The van der Waals surface area contributed by atoms with Gasteiger partial charge in [0.25, 0.3) is 0 Å². The molecule has 0 saturated carbocycles. The summed E-state index contributed by atoms with van der Waals surface area (Å²) in [6.45, 7) is 6.06. The normalized spacial score (nSPS) is 11.9. The van der Waals surface area contributed by atoms with Gasteiger partial charge in [-0.1, -0.05) is 0 Å². The lowest BCUT2D eigenvalue weighted by Gasteiger charge is -2.21. The smallest absolute Gasteiger partial charge is 0.245 e. The molecule has 2 heterocycles. The molecule has 0 bridgehead atoms. The molecule has 0 fully saturated rings. The van der Waals surface area contributed by atoms with Crippen LogP contribution in [0.15, 0.2) is 6.33 Å². The Bertz CT molecular complexity index is 635. The lowest BCUT2D eigenvalue weighted by atomic mass is 10.1. The number of hydrogen-bond acceptors (Lipinski definition) is 6. The number of nitrogens with two attached hydrogens (primary N) is 2. The fraction of sp³-hybridized carbons (Fsp3) is 0.400. The van der Waals surface area contributed by atoms with Crippen LogP contribution in [-0.4, -0.2) is 19.5 Å². The van der Waals surface area contributed by atoms with Crippen molar-refractivity contribution < 1.29 is 0 Å². The fourth-order valence-corrected chi connectivity index (χ4v) is 1.65. The minimum absolute atomic E-state index is 0.164. The Morgan fingerprint density at radius 1 is 1.18 bits per heavy atom. The van der Waals surface area contributed by atoms with E-state index < -0.39 is 0 Å². The van der Waals surface area contributed by atoms with Crippen LogP contribution in [0.1, 0.15) is 20.8 Å². The van der Waals surface area contributed by atoms with E-state index in [1.54, 1.807) is 6.33 Å². The average Bonchev–Trinajstić information content (AvgIpc) is 2.55. The third kappa shape index (κ3) is 1.79. The Balaban J connectivity index is 3.00. The van der Waals surface area contributed by atoms with Gasteiger partial charge in [0.1, 0.15) is 11.0 Å². The van der Waals surface area contributed by atoms with Crippen molar-refractivity contribution in [3.63, 3.8) is 0 Å². The second kappa shape index (κ2) is 3.41. The van der Waals surface area contributed by atoms with Crippen molar-refractivity contribution in [2.75, 3.05) is 11.5 Å². The van der Waals surface area contributed by atoms with E-state index in [4.69, 9.17) is 16.9 Å². The molecular formula is C10H15N7. The molecule has 0 radical (unpaired) electrons. The van der Waals surface area contributed by atoms with Gasteiger partial charge in [0.15, 0.2) is 11.6 Å². The van der Waals surface area contributed by atoms with Crippen LogP contribution in [0.4, 0.5) is 11.6 Å². The van der Waals surface area contributed by atoms with Gasteiger partial charge in [-0.25, -0.2) is 4.98 Å². The highest BCUT2D eigenvalue weighted by molar-refractivity contribution is 5.91. The Morgan fingerprint density at radius 3 is 2.35 bits per heavy atom. The molecule has 0 atom stereocenters. The molecule has 0 aliphatic carbocycles. The van der Waals surface area contributed by atoms with Crippen molar-refractivity contribution in [1.29, 1.82) is 5.41 Å². The number of nitrogens with zero attached hydrogens (tertiary/aromatic N) is 4. The zero-order valence-electron chi connectivity index (χ0n) is 10.0. The molecule has 7 heteroatoms. The van der Waals surface area contributed by atoms with Crippen LogP contribution in [0.25, 0.3) is 11.0 Å². The van der Waals surface area contributed by atoms with Crippen molar-refractivity contribution in [2.45, 2.75) is 26.3 Å². The highest BCUT2D eigenvalue weighted by atomic mass is 15.1. The van der Waals surface area contributed by atoms with Gasteiger partial charge in [0, 0.05) is 5.54 Å². The molecular weight excluding hydrogens is 218 g/mol. The van der Waals surface area contributed by atoms with E-state index in [-0.39, 0.29) is 22.8 Å². The molecule has 2 aromatic rings. The van der Waals surface area contributed by atoms with Crippen molar-refractivity contribution in [1.82, 2.24) is 19.5 Å². The molecule has 2 aromatic heterocycles. The molecule has 0 aliphatic heterocycles. The molecule has 90 valence electrons. The highest BCUT2D eigenvalue weighted by Crippen LogP contribution is 2.25. The van der Waals surface area contributed by atoms with Crippen molar-refractivity contribution in [3.8, 4) is 0 Å². The topological polar surface area (TPSA) is 119 Å². The highest BCUT2D eigenvalue weighted by Gasteiger charge is 2.19. The molecule has 17 heavy (non-hydrogen) atoms. The minimum Gasteiger partial charge on any atom is -0.382 e. The summed E-state index contributed by atoms with van der Waals surface area (Å²) >= 11 is 0. The van der Waals surface area contributed by atoms with Gasteiger partial charge in [-0.2, -0.15) is 9.97 Å². The van der Waals surface area contributed by atoms with Crippen molar-refractivity contribution in [2.24, 2.45) is 0 Å². The van der Waals surface area contributed by atoms with E-state index in [1.807, 2.05) is 25.3 Å². The van der Waals surface area contributed by atoms with Gasteiger partial charge in [-0.05, 0) is 20.8 Å². The number of nitrogen functional groups attached to an aromatic ring is 2. The number of anilines is 2. The molecule has 5 N–H and O–H groups in total. The molecule has 0 spiro atoms. The lowest BCUT2D eigenvalue weighted by Crippen LogP contribution is -2.21. The number of aromatic nitrogens is 4. The zero-order chi connectivity index (χ0) is 12.8. The summed E-state index contributed by atoms with van der Waals surface area (Å²) in [5.74, 6) is 0.374. The van der Waals surface area contributed by atoms with Gasteiger partial charge < -0.3 is 16.0 Å². The predicted octanol–water partition coefficient (Wildman–Crippen LogP) is 0.225. The zero-order valence-corrected chi connectivity index (χ0v) is 10.0. The molecule has 0 unspecified atom stereocenters. The maximum atomic E-state index is 7.46. The molecule has 7 nitrogen and oxygen atoms in total. The molecule has 0 saturated heterocycles. The Labute approximate surface area is 98.0 Å². The average molecular weight is 233 g/mol. The Morgan fingerprint density at radius 2 is 1.76 bits per heavy atom. The first-order valence-electron chi connectivity index (χ1n) is 5.16. The second-order valence-electron chi connectivity index (χ2n) is 4.80. The van der Waals surface area contributed by atoms with E-state index >= 15 is 0 Å². The predicted molar refractivity (Wildman–Crippen MR) is 65.0 cm³/mol. The van der Waals surface area contributed by atoms with Gasteiger partial charge in [0.2, 0.25) is 5.62 Å². The van der Waals surface area contributed by atoms with Gasteiger partial charge in [-0.3, -0.25) is 5.41 Å². The third-order valence-corrected chi connectivity index (χ3v) is 2.43. The number of fused-ring (bicyclic) bond motifs is 1. The van der Waals surface area contributed by atoms with Crippen LogP contribution in [0.3, 0.4) is 0 Å². The molecule has 0 amide bonds. The summed E-state index contributed by atoms with van der Waals surface area (Å²) in [6.07, 6.45) is 1.66. The SMILES string of the molecule is CC(C)(C)n1cnc2c(N)nc(=N)nc(N)c21. The summed E-state index contributed by atoms with van der Waals surface area (Å²) in [5.41, 5.74) is 12.3. The van der Waals surface area contributed by atoms with E-state index in [1.165, 1.54) is 0 Å². The maximum absolute atomic E-state index is 7.46. The monoisotopic (exact) mass is 233 g/mol. The van der Waals surface area contributed by atoms with E-state index in [9.17, 15) is 0 Å². The summed E-state index contributed by atoms with van der Waals surface area (Å²) in [4.78, 5) is 11.9. The quantitative estimate of drug-likeness (QED) is 0.601. The standard InChI is InChI=1S/C10H15N7/c1-10(2,3)17-4-14-5-6(17)8(12)16-9(13)15-7(5)11/h4H,1-3H3,(H5,11,12,13,15,16). The van der Waals surface area contributed by atoms with Crippen LogP contribution < -0.4 is 17.1 Å². The number of rotatable bonds is 0.